The fourth-order valence-electron chi connectivity index (χ4n) is 7.40. The lowest BCUT2D eigenvalue weighted by Gasteiger charge is -2.53. The van der Waals surface area contributed by atoms with E-state index in [-0.39, 0.29) is 17.2 Å². The number of nitrogens with zero attached hydrogens (tertiary/aromatic N) is 1. The quantitative estimate of drug-likeness (QED) is 0.555. The first-order valence-electron chi connectivity index (χ1n) is 11.1. The van der Waals surface area contributed by atoms with Gasteiger partial charge in [0.15, 0.2) is 0 Å². The van der Waals surface area contributed by atoms with E-state index in [2.05, 4.69) is 66.8 Å². The Hall–Kier alpha value is -2.16. The lowest BCUT2D eigenvalue weighted by Crippen LogP contribution is -2.61. The number of benzene rings is 2. The van der Waals surface area contributed by atoms with Gasteiger partial charge in [0, 0.05) is 34.9 Å². The van der Waals surface area contributed by atoms with E-state index in [4.69, 9.17) is 21.3 Å². The van der Waals surface area contributed by atoms with Gasteiger partial charge in [0.05, 0.1) is 6.10 Å². The van der Waals surface area contributed by atoms with Gasteiger partial charge < -0.3 is 4.74 Å². The van der Waals surface area contributed by atoms with Crippen LogP contribution in [-0.2, 0) is 4.74 Å². The van der Waals surface area contributed by atoms with Gasteiger partial charge in [-0.1, -0.05) is 78.4 Å². The summed E-state index contributed by atoms with van der Waals surface area (Å²) in [7, 11) is 0. The zero-order valence-corrected chi connectivity index (χ0v) is 17.5. The first-order chi connectivity index (χ1) is 14.7. The van der Waals surface area contributed by atoms with Gasteiger partial charge in [-0.05, 0) is 42.0 Å². The smallest absolute Gasteiger partial charge is 0.107 e. The van der Waals surface area contributed by atoms with Gasteiger partial charge in [-0.2, -0.15) is 0 Å². The Bertz CT molecular complexity index is 1100. The third kappa shape index (κ3) is 2.02. The highest BCUT2D eigenvalue weighted by molar-refractivity contribution is 6.30. The van der Waals surface area contributed by atoms with Crippen LogP contribution in [0.4, 0.5) is 0 Å². The predicted octanol–water partition coefficient (Wildman–Crippen LogP) is 5.98. The standard InChI is InChI=1S/C27H24ClNO/c28-21-13-10-18(11-14-21)25-19-9-12-20(15-19)26-16-23(17-5-2-1-3-6-17)29-27(25,26)22-7-4-8-24(22)30-26/h1-6,8-14,19-20,22,24-25H,7,15-16H2/t19-,20+,22+,24-,25+,26-,27-/m1/s1. The van der Waals surface area contributed by atoms with Crippen molar-refractivity contribution in [3.05, 3.63) is 95.1 Å². The summed E-state index contributed by atoms with van der Waals surface area (Å²) in [6.45, 7) is 0. The molecule has 2 nitrogen and oxygen atoms in total. The van der Waals surface area contributed by atoms with Crippen LogP contribution in [0.25, 0.3) is 0 Å². The van der Waals surface area contributed by atoms with Crippen molar-refractivity contribution in [3.8, 4) is 0 Å². The molecule has 2 heterocycles. The molecule has 2 aliphatic heterocycles. The fraction of sp³-hybridized carbons (Fsp3) is 0.370. The molecule has 5 aliphatic rings. The van der Waals surface area contributed by atoms with E-state index in [0.29, 0.717) is 23.7 Å². The second-order valence-electron chi connectivity index (χ2n) is 9.59. The van der Waals surface area contributed by atoms with E-state index in [9.17, 15) is 0 Å². The highest BCUT2D eigenvalue weighted by atomic mass is 35.5. The number of hydrogen-bond donors (Lipinski definition) is 0. The van der Waals surface area contributed by atoms with Crippen molar-refractivity contribution in [1.82, 2.24) is 0 Å². The zero-order valence-electron chi connectivity index (χ0n) is 16.7. The summed E-state index contributed by atoms with van der Waals surface area (Å²) < 4.78 is 7.07. The maximum absolute atomic E-state index is 7.07. The number of halogens is 1. The molecule has 30 heavy (non-hydrogen) atoms. The van der Waals surface area contributed by atoms with Crippen LogP contribution >= 0.6 is 11.6 Å². The van der Waals surface area contributed by atoms with E-state index < -0.39 is 0 Å². The van der Waals surface area contributed by atoms with Crippen molar-refractivity contribution in [2.45, 2.75) is 42.4 Å². The molecule has 2 bridgehead atoms. The molecule has 0 spiro atoms. The van der Waals surface area contributed by atoms with Gasteiger partial charge >= 0.3 is 0 Å². The first-order valence-corrected chi connectivity index (χ1v) is 11.5. The van der Waals surface area contributed by atoms with E-state index in [1.807, 2.05) is 12.1 Å². The van der Waals surface area contributed by atoms with Crippen molar-refractivity contribution in [2.75, 3.05) is 0 Å². The molecule has 0 unspecified atom stereocenters. The molecule has 2 fully saturated rings. The Balaban J connectivity index is 1.48. The number of hydrogen-bond acceptors (Lipinski definition) is 2. The Morgan fingerprint density at radius 1 is 0.967 bits per heavy atom. The minimum Gasteiger partial charge on any atom is -0.364 e. The molecule has 150 valence electrons. The highest BCUT2D eigenvalue weighted by Gasteiger charge is 2.76. The number of ether oxygens (including phenoxy) is 1. The van der Waals surface area contributed by atoms with Gasteiger partial charge in [-0.25, -0.2) is 0 Å². The van der Waals surface area contributed by atoms with Crippen molar-refractivity contribution < 1.29 is 4.74 Å². The van der Waals surface area contributed by atoms with Gasteiger partial charge in [0.2, 0.25) is 0 Å². The summed E-state index contributed by atoms with van der Waals surface area (Å²) in [5.41, 5.74) is 3.35. The average molecular weight is 414 g/mol. The van der Waals surface area contributed by atoms with Crippen molar-refractivity contribution in [1.29, 1.82) is 0 Å². The van der Waals surface area contributed by atoms with Gasteiger partial charge in [-0.15, -0.1) is 0 Å². The molecular formula is C27H24ClNO. The molecular weight excluding hydrogens is 390 g/mol. The molecule has 2 aromatic carbocycles. The van der Waals surface area contributed by atoms with Crippen LogP contribution in [0.3, 0.4) is 0 Å². The van der Waals surface area contributed by atoms with Crippen LogP contribution in [-0.4, -0.2) is 23.0 Å². The second-order valence-corrected chi connectivity index (χ2v) is 10.0. The van der Waals surface area contributed by atoms with Crippen molar-refractivity contribution in [3.63, 3.8) is 0 Å². The number of allylic oxidation sites excluding steroid dienone is 2. The van der Waals surface area contributed by atoms with Crippen LogP contribution in [0.1, 0.15) is 36.3 Å². The summed E-state index contributed by atoms with van der Waals surface area (Å²) in [6.07, 6.45) is 12.8. The Morgan fingerprint density at radius 3 is 2.63 bits per heavy atom. The lowest BCUT2D eigenvalue weighted by molar-refractivity contribution is -0.0944. The van der Waals surface area contributed by atoms with E-state index in [0.717, 1.165) is 24.3 Å². The maximum atomic E-state index is 7.07. The minimum atomic E-state index is -0.244. The summed E-state index contributed by atoms with van der Waals surface area (Å²) in [5, 5.41) is 0.793. The molecule has 2 aromatic rings. The average Bonchev–Trinajstić information content (AvgIpc) is 3.51. The van der Waals surface area contributed by atoms with Gasteiger partial charge in [0.25, 0.3) is 0 Å². The Kier molecular flexibility index (Phi) is 3.48. The molecule has 1 saturated heterocycles. The second kappa shape index (κ2) is 5.96. The Labute approximate surface area is 182 Å². The molecule has 0 aromatic heterocycles. The maximum Gasteiger partial charge on any atom is 0.107 e. The molecule has 7 atom stereocenters. The summed E-state index contributed by atoms with van der Waals surface area (Å²) in [5.74, 6) is 1.67. The highest BCUT2D eigenvalue weighted by Crippen LogP contribution is 2.70. The lowest BCUT2D eigenvalue weighted by atomic mass is 9.53. The van der Waals surface area contributed by atoms with Crippen LogP contribution in [0.15, 0.2) is 83.9 Å². The van der Waals surface area contributed by atoms with E-state index >= 15 is 0 Å². The third-order valence-electron chi connectivity index (χ3n) is 8.41. The molecule has 0 radical (unpaired) electrons. The predicted molar refractivity (Wildman–Crippen MR) is 120 cm³/mol. The number of aliphatic imine (C=N–C) groups is 1. The summed E-state index contributed by atoms with van der Waals surface area (Å²) >= 11 is 6.26. The van der Waals surface area contributed by atoms with Crippen molar-refractivity contribution >= 4 is 17.3 Å². The SMILES string of the molecule is Clc1ccc([C@H]2[C@@H]3C=C[C@@H](C3)[C@]34CC(c5ccccc5)=N[C@]23[C@H]2CC=C[C@H]2O4)cc1. The summed E-state index contributed by atoms with van der Waals surface area (Å²) in [6, 6.07) is 19.3. The largest absolute Gasteiger partial charge is 0.364 e. The molecule has 3 heteroatoms. The monoisotopic (exact) mass is 413 g/mol. The minimum absolute atomic E-state index is 0.189. The van der Waals surface area contributed by atoms with Crippen LogP contribution in [0.2, 0.25) is 5.02 Å². The molecule has 0 N–H and O–H groups in total. The van der Waals surface area contributed by atoms with Crippen LogP contribution in [0, 0.1) is 17.8 Å². The normalized spacial score (nSPS) is 42.2. The number of fused-ring (bicyclic) bond motifs is 3. The van der Waals surface area contributed by atoms with E-state index in [1.165, 1.54) is 16.8 Å². The fourth-order valence-corrected chi connectivity index (χ4v) is 7.52. The molecule has 1 saturated carbocycles. The molecule has 3 aliphatic carbocycles. The first kappa shape index (κ1) is 17.5. The van der Waals surface area contributed by atoms with Crippen molar-refractivity contribution in [2.24, 2.45) is 22.7 Å². The summed E-state index contributed by atoms with van der Waals surface area (Å²) in [4.78, 5) is 5.71. The Morgan fingerprint density at radius 2 is 1.80 bits per heavy atom. The van der Waals surface area contributed by atoms with Crippen LogP contribution < -0.4 is 0 Å². The van der Waals surface area contributed by atoms with Gasteiger partial charge in [0.1, 0.15) is 11.1 Å². The van der Waals surface area contributed by atoms with E-state index in [1.54, 1.807) is 0 Å². The topological polar surface area (TPSA) is 21.6 Å². The van der Waals surface area contributed by atoms with Gasteiger partial charge in [-0.3, -0.25) is 4.99 Å². The zero-order chi connectivity index (χ0) is 19.9. The third-order valence-corrected chi connectivity index (χ3v) is 8.66. The van der Waals surface area contributed by atoms with Crippen LogP contribution in [0.5, 0.6) is 0 Å². The number of rotatable bonds is 2. The molecule has 7 rings (SSSR count). The molecule has 0 amide bonds.